The Morgan fingerprint density at radius 2 is 2.17 bits per heavy atom. The third-order valence-corrected chi connectivity index (χ3v) is 5.27. The lowest BCUT2D eigenvalue weighted by Gasteiger charge is -2.16. The van der Waals surface area contributed by atoms with E-state index in [9.17, 15) is 14.9 Å². The Kier molecular flexibility index (Phi) is 4.71. The molecule has 0 saturated heterocycles. The van der Waals surface area contributed by atoms with Gasteiger partial charge in [-0.1, -0.05) is 6.92 Å². The molecule has 1 aromatic carbocycles. The van der Waals surface area contributed by atoms with E-state index in [0.717, 1.165) is 12.8 Å². The number of rotatable bonds is 4. The zero-order valence-electron chi connectivity index (χ0n) is 13.2. The number of nitrogens with one attached hydrogen (secondary N) is 1. The van der Waals surface area contributed by atoms with Gasteiger partial charge in [-0.2, -0.15) is 5.10 Å². The van der Waals surface area contributed by atoms with E-state index >= 15 is 0 Å². The van der Waals surface area contributed by atoms with Crippen LogP contribution in [0.2, 0.25) is 0 Å². The molecule has 124 valence electrons. The van der Waals surface area contributed by atoms with Crippen LogP contribution in [-0.4, -0.2) is 17.0 Å². The first kappa shape index (κ1) is 16.3. The lowest BCUT2D eigenvalue weighted by molar-refractivity contribution is -0.384. The van der Waals surface area contributed by atoms with Gasteiger partial charge in [0.1, 0.15) is 0 Å². The number of carbonyl (C=O) groups is 1. The summed E-state index contributed by atoms with van der Waals surface area (Å²) < 4.78 is 0. The highest BCUT2D eigenvalue weighted by Crippen LogP contribution is 2.32. The van der Waals surface area contributed by atoms with Gasteiger partial charge in [0, 0.05) is 17.0 Å². The van der Waals surface area contributed by atoms with Crippen molar-refractivity contribution in [3.8, 4) is 0 Å². The standard InChI is InChI=1S/C17H17N3O3S/c1-11-2-7-15-13(8-11)9-16(24-15)17(21)19-18-10-12-3-5-14(6-4-12)20(22)23/h3-6,9-11H,2,7-8H2,1H3,(H,19,21)/b18-10-/t11-/m0/s1. The summed E-state index contributed by atoms with van der Waals surface area (Å²) in [6.45, 7) is 2.23. The van der Waals surface area contributed by atoms with Crippen LogP contribution in [0.1, 0.15) is 39.0 Å². The number of aryl methyl sites for hydroxylation is 1. The molecule has 24 heavy (non-hydrogen) atoms. The predicted molar refractivity (Wildman–Crippen MR) is 93.7 cm³/mol. The molecule has 2 aromatic rings. The molecule has 0 aliphatic heterocycles. The highest BCUT2D eigenvalue weighted by Gasteiger charge is 2.20. The molecular weight excluding hydrogens is 326 g/mol. The molecule has 0 unspecified atom stereocenters. The van der Waals surface area contributed by atoms with Crippen molar-refractivity contribution in [2.75, 3.05) is 0 Å². The summed E-state index contributed by atoms with van der Waals surface area (Å²) in [6, 6.07) is 7.93. The summed E-state index contributed by atoms with van der Waals surface area (Å²) in [4.78, 5) is 24.3. The Hall–Kier alpha value is -2.54. The van der Waals surface area contributed by atoms with E-state index in [2.05, 4.69) is 17.5 Å². The van der Waals surface area contributed by atoms with E-state index in [4.69, 9.17) is 0 Å². The van der Waals surface area contributed by atoms with E-state index in [1.165, 1.54) is 46.5 Å². The van der Waals surface area contributed by atoms with Crippen LogP contribution in [0, 0.1) is 16.0 Å². The number of non-ortho nitro benzene ring substituents is 1. The van der Waals surface area contributed by atoms with Crippen LogP contribution in [0.4, 0.5) is 5.69 Å². The first-order valence-electron chi connectivity index (χ1n) is 7.72. The molecule has 1 heterocycles. The number of fused-ring (bicyclic) bond motifs is 1. The normalized spacial score (nSPS) is 16.8. The summed E-state index contributed by atoms with van der Waals surface area (Å²) >= 11 is 1.54. The average molecular weight is 343 g/mol. The van der Waals surface area contributed by atoms with Crippen molar-refractivity contribution in [2.24, 2.45) is 11.0 Å². The number of hydrogen-bond acceptors (Lipinski definition) is 5. The van der Waals surface area contributed by atoms with Gasteiger partial charge in [0.2, 0.25) is 0 Å². The minimum atomic E-state index is -0.456. The van der Waals surface area contributed by atoms with Crippen molar-refractivity contribution >= 4 is 29.1 Å². The minimum absolute atomic E-state index is 0.0228. The molecule has 1 aromatic heterocycles. The van der Waals surface area contributed by atoms with Crippen LogP contribution in [0.3, 0.4) is 0 Å². The van der Waals surface area contributed by atoms with Crippen molar-refractivity contribution in [1.29, 1.82) is 0 Å². The van der Waals surface area contributed by atoms with Crippen molar-refractivity contribution in [1.82, 2.24) is 5.43 Å². The zero-order valence-corrected chi connectivity index (χ0v) is 14.0. The topological polar surface area (TPSA) is 84.6 Å². The van der Waals surface area contributed by atoms with E-state index < -0.39 is 4.92 Å². The van der Waals surface area contributed by atoms with Crippen LogP contribution in [0.5, 0.6) is 0 Å². The van der Waals surface area contributed by atoms with Gasteiger partial charge in [0.05, 0.1) is 16.0 Å². The number of nitro benzene ring substituents is 1. The van der Waals surface area contributed by atoms with Crippen LogP contribution in [0.15, 0.2) is 35.4 Å². The second-order valence-corrected chi connectivity index (χ2v) is 7.09. The zero-order chi connectivity index (χ0) is 17.1. The van der Waals surface area contributed by atoms with Crippen LogP contribution in [-0.2, 0) is 12.8 Å². The smallest absolute Gasteiger partial charge is 0.266 e. The van der Waals surface area contributed by atoms with Crippen LogP contribution in [0.25, 0.3) is 0 Å². The van der Waals surface area contributed by atoms with Gasteiger partial charge in [-0.3, -0.25) is 14.9 Å². The SMILES string of the molecule is C[C@H]1CCc2sc(C(=O)N/N=C\c3ccc([N+](=O)[O-])cc3)cc2C1. The molecule has 1 atom stereocenters. The van der Waals surface area contributed by atoms with E-state index in [-0.39, 0.29) is 11.6 Å². The van der Waals surface area contributed by atoms with Gasteiger partial charge in [-0.05, 0) is 54.5 Å². The van der Waals surface area contributed by atoms with Gasteiger partial charge >= 0.3 is 0 Å². The molecular formula is C17H17N3O3S. The molecule has 0 spiro atoms. The largest absolute Gasteiger partial charge is 0.281 e. The lowest BCUT2D eigenvalue weighted by atomic mass is 9.90. The molecule has 3 rings (SSSR count). The second kappa shape index (κ2) is 6.92. The van der Waals surface area contributed by atoms with E-state index in [0.29, 0.717) is 16.4 Å². The van der Waals surface area contributed by atoms with E-state index in [1.807, 2.05) is 6.07 Å². The average Bonchev–Trinajstić information content (AvgIpc) is 2.98. The van der Waals surface area contributed by atoms with Crippen molar-refractivity contribution in [3.05, 3.63) is 61.3 Å². The monoisotopic (exact) mass is 343 g/mol. The summed E-state index contributed by atoms with van der Waals surface area (Å²) in [5, 5.41) is 14.5. The Bertz CT molecular complexity index is 796. The summed E-state index contributed by atoms with van der Waals surface area (Å²) in [6.07, 6.45) is 4.72. The number of thiophene rings is 1. The third kappa shape index (κ3) is 3.68. The maximum Gasteiger partial charge on any atom is 0.281 e. The fourth-order valence-corrected chi connectivity index (χ4v) is 3.82. The number of hydrazone groups is 1. The summed E-state index contributed by atoms with van der Waals surface area (Å²) in [5.41, 5.74) is 4.50. The Labute approximate surface area is 143 Å². The number of hydrogen-bond donors (Lipinski definition) is 1. The third-order valence-electron chi connectivity index (χ3n) is 4.04. The minimum Gasteiger partial charge on any atom is -0.266 e. The fourth-order valence-electron chi connectivity index (χ4n) is 2.72. The molecule has 6 nitrogen and oxygen atoms in total. The Morgan fingerprint density at radius 3 is 2.88 bits per heavy atom. The number of benzene rings is 1. The van der Waals surface area contributed by atoms with Crippen molar-refractivity contribution < 1.29 is 9.72 Å². The fraction of sp³-hybridized carbons (Fsp3) is 0.294. The first-order valence-corrected chi connectivity index (χ1v) is 8.54. The maximum absolute atomic E-state index is 12.2. The van der Waals surface area contributed by atoms with Gasteiger partial charge < -0.3 is 0 Å². The Balaban J connectivity index is 1.62. The molecule has 0 saturated carbocycles. The van der Waals surface area contributed by atoms with Crippen molar-refractivity contribution in [2.45, 2.75) is 26.2 Å². The number of amides is 1. The van der Waals surface area contributed by atoms with Gasteiger partial charge in [0.15, 0.2) is 0 Å². The van der Waals surface area contributed by atoms with Crippen LogP contribution >= 0.6 is 11.3 Å². The predicted octanol–water partition coefficient (Wildman–Crippen LogP) is 3.55. The lowest BCUT2D eigenvalue weighted by Crippen LogP contribution is -2.16. The second-order valence-electron chi connectivity index (χ2n) is 5.95. The van der Waals surface area contributed by atoms with Gasteiger partial charge in [0.25, 0.3) is 11.6 Å². The molecule has 1 aliphatic rings. The quantitative estimate of drug-likeness (QED) is 0.523. The summed E-state index contributed by atoms with van der Waals surface area (Å²) in [5.74, 6) is 0.448. The van der Waals surface area contributed by atoms with E-state index in [1.54, 1.807) is 12.1 Å². The molecule has 1 N–H and O–H groups in total. The maximum atomic E-state index is 12.2. The molecule has 0 bridgehead atoms. The molecule has 0 fully saturated rings. The highest BCUT2D eigenvalue weighted by molar-refractivity contribution is 7.14. The number of nitrogens with zero attached hydrogens (tertiary/aromatic N) is 2. The summed E-state index contributed by atoms with van der Waals surface area (Å²) in [7, 11) is 0. The number of carbonyl (C=O) groups excluding carboxylic acids is 1. The Morgan fingerprint density at radius 1 is 1.42 bits per heavy atom. The molecule has 7 heteroatoms. The first-order chi connectivity index (χ1) is 11.5. The highest BCUT2D eigenvalue weighted by atomic mass is 32.1. The number of nitro groups is 1. The van der Waals surface area contributed by atoms with Gasteiger partial charge in [-0.15, -0.1) is 11.3 Å². The van der Waals surface area contributed by atoms with Gasteiger partial charge in [-0.25, -0.2) is 5.43 Å². The van der Waals surface area contributed by atoms with Crippen LogP contribution < -0.4 is 5.43 Å². The molecule has 0 radical (unpaired) electrons. The molecule has 1 aliphatic carbocycles. The molecule has 1 amide bonds. The van der Waals surface area contributed by atoms with Crippen molar-refractivity contribution in [3.63, 3.8) is 0 Å².